The number of ether oxygens (including phenoxy) is 4. The maximum Gasteiger partial charge on any atom is 0.231 e. The van der Waals surface area contributed by atoms with Crippen molar-refractivity contribution in [2.75, 3.05) is 21.0 Å². The van der Waals surface area contributed by atoms with Crippen LogP contribution in [0.5, 0.6) is 28.9 Å². The number of hydrogen-bond donors (Lipinski definition) is 1. The first kappa shape index (κ1) is 14.9. The van der Waals surface area contributed by atoms with Gasteiger partial charge in [-0.15, -0.1) is 0 Å². The number of nitrogens with zero attached hydrogens (tertiary/aromatic N) is 1. The lowest BCUT2D eigenvalue weighted by Gasteiger charge is -2.13. The molecule has 26 heavy (non-hydrogen) atoms. The van der Waals surface area contributed by atoms with Crippen LogP contribution in [0.2, 0.25) is 0 Å². The molecule has 4 aromatic rings. The van der Waals surface area contributed by atoms with E-state index in [0.29, 0.717) is 17.4 Å². The summed E-state index contributed by atoms with van der Waals surface area (Å²) in [4.78, 5) is 4.72. The summed E-state index contributed by atoms with van der Waals surface area (Å²) in [6.07, 6.45) is 0. The second kappa shape index (κ2) is 5.29. The standard InChI is InChI=1S/C20H15NO5/c1-23-16-8-14-13(6-15(16)22)11-4-3-10-5-17-18(26-9-25-17)7-12(10)19(11)21-20(14)24-2/h3-8,22H,9H2,1-2H3. The van der Waals surface area contributed by atoms with Gasteiger partial charge in [0.25, 0.3) is 0 Å². The first-order valence-corrected chi connectivity index (χ1v) is 8.10. The van der Waals surface area contributed by atoms with Gasteiger partial charge in [-0.25, -0.2) is 4.98 Å². The summed E-state index contributed by atoms with van der Waals surface area (Å²) in [5.74, 6) is 2.34. The molecule has 3 aromatic carbocycles. The monoisotopic (exact) mass is 349 g/mol. The summed E-state index contributed by atoms with van der Waals surface area (Å²) in [7, 11) is 3.09. The number of rotatable bonds is 2. The number of aromatic hydroxyl groups is 1. The van der Waals surface area contributed by atoms with E-state index in [2.05, 4.69) is 0 Å². The van der Waals surface area contributed by atoms with Crippen molar-refractivity contribution in [3.05, 3.63) is 36.4 Å². The fourth-order valence-electron chi connectivity index (χ4n) is 3.48. The van der Waals surface area contributed by atoms with E-state index in [1.165, 1.54) is 7.11 Å². The number of fused-ring (bicyclic) bond motifs is 6. The van der Waals surface area contributed by atoms with Crippen LogP contribution in [0.1, 0.15) is 0 Å². The van der Waals surface area contributed by atoms with Crippen molar-refractivity contribution < 1.29 is 24.1 Å². The topological polar surface area (TPSA) is 70.0 Å². The van der Waals surface area contributed by atoms with Crippen LogP contribution >= 0.6 is 0 Å². The minimum Gasteiger partial charge on any atom is -0.504 e. The van der Waals surface area contributed by atoms with Gasteiger partial charge in [0.1, 0.15) is 0 Å². The van der Waals surface area contributed by atoms with Gasteiger partial charge < -0.3 is 24.1 Å². The molecule has 0 aliphatic carbocycles. The summed E-state index contributed by atoms with van der Waals surface area (Å²) in [5.41, 5.74) is 0.773. The Morgan fingerprint density at radius 3 is 2.46 bits per heavy atom. The normalized spacial score (nSPS) is 12.8. The number of benzene rings is 3. The van der Waals surface area contributed by atoms with Crippen LogP contribution in [-0.2, 0) is 0 Å². The van der Waals surface area contributed by atoms with E-state index in [1.807, 2.05) is 24.3 Å². The maximum atomic E-state index is 10.2. The van der Waals surface area contributed by atoms with Crippen molar-refractivity contribution in [3.8, 4) is 28.9 Å². The minimum absolute atomic E-state index is 0.0698. The van der Waals surface area contributed by atoms with Crippen molar-refractivity contribution in [3.63, 3.8) is 0 Å². The highest BCUT2D eigenvalue weighted by Gasteiger charge is 2.18. The Bertz CT molecular complexity index is 1200. The lowest BCUT2D eigenvalue weighted by molar-refractivity contribution is 0.174. The summed E-state index contributed by atoms with van der Waals surface area (Å²) in [6.45, 7) is 0.219. The van der Waals surface area contributed by atoms with Gasteiger partial charge in [0.15, 0.2) is 23.0 Å². The van der Waals surface area contributed by atoms with E-state index in [0.717, 1.165) is 38.2 Å². The molecular weight excluding hydrogens is 334 g/mol. The molecule has 0 radical (unpaired) electrons. The van der Waals surface area contributed by atoms with Gasteiger partial charge in [-0.3, -0.25) is 0 Å². The molecule has 0 saturated carbocycles. The lowest BCUT2D eigenvalue weighted by Crippen LogP contribution is -1.94. The highest BCUT2D eigenvalue weighted by molar-refractivity contribution is 6.17. The van der Waals surface area contributed by atoms with Gasteiger partial charge >= 0.3 is 0 Å². The third-order valence-electron chi connectivity index (χ3n) is 4.73. The largest absolute Gasteiger partial charge is 0.504 e. The molecule has 1 aliphatic rings. The Labute approximate surface area is 148 Å². The Kier molecular flexibility index (Phi) is 3.03. The average molecular weight is 349 g/mol. The van der Waals surface area contributed by atoms with Gasteiger partial charge in [-0.2, -0.15) is 0 Å². The molecule has 0 atom stereocenters. The van der Waals surface area contributed by atoms with E-state index in [9.17, 15) is 5.11 Å². The quantitative estimate of drug-likeness (QED) is 0.552. The van der Waals surface area contributed by atoms with E-state index in [4.69, 9.17) is 23.9 Å². The molecule has 0 bridgehead atoms. The maximum absolute atomic E-state index is 10.2. The number of phenolic OH excluding ortho intramolecular Hbond substituents is 1. The predicted molar refractivity (Wildman–Crippen MR) is 97.6 cm³/mol. The fourth-order valence-corrected chi connectivity index (χ4v) is 3.48. The van der Waals surface area contributed by atoms with Crippen LogP contribution in [-0.4, -0.2) is 31.1 Å². The van der Waals surface area contributed by atoms with Crippen molar-refractivity contribution in [1.82, 2.24) is 4.98 Å². The SMILES string of the molecule is COc1cc2c(OC)nc3c4cc5c(cc4ccc3c2cc1O)OCO5. The highest BCUT2D eigenvalue weighted by atomic mass is 16.7. The highest BCUT2D eigenvalue weighted by Crippen LogP contribution is 2.42. The zero-order valence-corrected chi connectivity index (χ0v) is 14.2. The summed E-state index contributed by atoms with van der Waals surface area (Å²) < 4.78 is 21.7. The number of phenols is 1. The van der Waals surface area contributed by atoms with E-state index < -0.39 is 0 Å². The first-order chi connectivity index (χ1) is 12.7. The molecule has 1 N–H and O–H groups in total. The zero-order chi connectivity index (χ0) is 17.8. The van der Waals surface area contributed by atoms with Gasteiger partial charge in [0.05, 0.1) is 19.7 Å². The van der Waals surface area contributed by atoms with Gasteiger partial charge in [0, 0.05) is 21.5 Å². The van der Waals surface area contributed by atoms with Crippen LogP contribution in [0.15, 0.2) is 36.4 Å². The van der Waals surface area contributed by atoms with Crippen molar-refractivity contribution in [2.45, 2.75) is 0 Å². The third kappa shape index (κ3) is 1.95. The molecule has 130 valence electrons. The summed E-state index contributed by atoms with van der Waals surface area (Å²) >= 11 is 0. The van der Waals surface area contributed by atoms with Gasteiger partial charge in [0.2, 0.25) is 12.7 Å². The molecule has 0 saturated heterocycles. The van der Waals surface area contributed by atoms with Crippen LogP contribution in [0, 0.1) is 0 Å². The van der Waals surface area contributed by atoms with Crippen molar-refractivity contribution >= 4 is 32.4 Å². The predicted octanol–water partition coefficient (Wildman–Crippen LogP) is 3.99. The molecule has 6 heteroatoms. The summed E-state index contributed by atoms with van der Waals surface area (Å²) in [6, 6.07) is 11.3. The Balaban J connectivity index is 1.95. The molecule has 5 rings (SSSR count). The minimum atomic E-state index is 0.0698. The Hall–Kier alpha value is -3.41. The third-order valence-corrected chi connectivity index (χ3v) is 4.73. The molecule has 6 nitrogen and oxygen atoms in total. The molecule has 0 amide bonds. The van der Waals surface area contributed by atoms with E-state index in [1.54, 1.807) is 19.2 Å². The number of methoxy groups -OCH3 is 2. The fraction of sp³-hybridized carbons (Fsp3) is 0.150. The Morgan fingerprint density at radius 2 is 1.69 bits per heavy atom. The first-order valence-electron chi connectivity index (χ1n) is 8.10. The molecular formula is C20H15NO5. The average Bonchev–Trinajstić information content (AvgIpc) is 3.12. The molecule has 1 aromatic heterocycles. The van der Waals surface area contributed by atoms with Crippen LogP contribution in [0.25, 0.3) is 32.4 Å². The number of pyridine rings is 1. The molecule has 2 heterocycles. The second-order valence-electron chi connectivity index (χ2n) is 6.08. The van der Waals surface area contributed by atoms with Gasteiger partial charge in [-0.05, 0) is 29.7 Å². The van der Waals surface area contributed by atoms with Crippen molar-refractivity contribution in [2.24, 2.45) is 0 Å². The zero-order valence-electron chi connectivity index (χ0n) is 14.2. The number of hydrogen-bond acceptors (Lipinski definition) is 6. The second-order valence-corrected chi connectivity index (χ2v) is 6.08. The van der Waals surface area contributed by atoms with Gasteiger partial charge in [-0.1, -0.05) is 12.1 Å². The van der Waals surface area contributed by atoms with E-state index in [-0.39, 0.29) is 12.5 Å². The molecule has 0 fully saturated rings. The molecule has 0 unspecified atom stereocenters. The molecule has 0 spiro atoms. The smallest absolute Gasteiger partial charge is 0.231 e. The Morgan fingerprint density at radius 1 is 0.885 bits per heavy atom. The van der Waals surface area contributed by atoms with Crippen LogP contribution in [0.3, 0.4) is 0 Å². The lowest BCUT2D eigenvalue weighted by atomic mass is 10.0. The summed E-state index contributed by atoms with van der Waals surface area (Å²) in [5, 5.41) is 14.7. The van der Waals surface area contributed by atoms with Crippen LogP contribution < -0.4 is 18.9 Å². The number of aromatic nitrogens is 1. The molecule has 1 aliphatic heterocycles. The van der Waals surface area contributed by atoms with E-state index >= 15 is 0 Å². The van der Waals surface area contributed by atoms with Crippen molar-refractivity contribution in [1.29, 1.82) is 0 Å². The van der Waals surface area contributed by atoms with Crippen LogP contribution in [0.4, 0.5) is 0 Å².